The van der Waals surface area contributed by atoms with Crippen molar-refractivity contribution >= 4 is 11.7 Å². The molecule has 0 saturated carbocycles. The van der Waals surface area contributed by atoms with Crippen molar-refractivity contribution in [2.24, 2.45) is 5.92 Å². The van der Waals surface area contributed by atoms with Gasteiger partial charge in [0.15, 0.2) is 0 Å². The Balaban J connectivity index is 1.64. The molecule has 1 unspecified atom stereocenters. The van der Waals surface area contributed by atoms with Crippen LogP contribution in [0.4, 0.5) is 19.0 Å². The molecule has 2 aliphatic rings. The van der Waals surface area contributed by atoms with Crippen molar-refractivity contribution in [2.45, 2.75) is 44.3 Å². The Labute approximate surface area is 150 Å². The zero-order valence-corrected chi connectivity index (χ0v) is 14.6. The maximum atomic E-state index is 12.8. The van der Waals surface area contributed by atoms with Gasteiger partial charge in [-0.15, -0.1) is 0 Å². The second-order valence-electron chi connectivity index (χ2n) is 6.98. The Kier molecular flexibility index (Phi) is 6.13. The van der Waals surface area contributed by atoms with Crippen LogP contribution < -0.4 is 5.32 Å². The third kappa shape index (κ3) is 4.94. The van der Waals surface area contributed by atoms with Gasteiger partial charge < -0.3 is 10.1 Å². The molecule has 2 saturated heterocycles. The predicted octanol–water partition coefficient (Wildman–Crippen LogP) is 3.32. The molecule has 0 aromatic carbocycles. The molecule has 1 atom stereocenters. The average molecular weight is 371 g/mol. The van der Waals surface area contributed by atoms with Gasteiger partial charge in [-0.3, -0.25) is 9.69 Å². The number of rotatable bonds is 4. The molecule has 5 nitrogen and oxygen atoms in total. The zero-order chi connectivity index (χ0) is 18.6. The normalized spacial score (nSPS) is 23.0. The number of amides is 1. The molecule has 0 radical (unpaired) electrons. The average Bonchev–Trinajstić information content (AvgIpc) is 2.62. The number of carbonyl (C=O) groups is 1. The molecule has 144 valence electrons. The third-order valence-electron chi connectivity index (χ3n) is 5.09. The number of pyridine rings is 1. The lowest BCUT2D eigenvalue weighted by atomic mass is 9.95. The van der Waals surface area contributed by atoms with Gasteiger partial charge in [0.25, 0.3) is 0 Å². The van der Waals surface area contributed by atoms with Crippen molar-refractivity contribution in [3.63, 3.8) is 0 Å². The van der Waals surface area contributed by atoms with Gasteiger partial charge in [0.2, 0.25) is 5.91 Å². The van der Waals surface area contributed by atoms with Crippen LogP contribution in [0.1, 0.15) is 37.7 Å². The summed E-state index contributed by atoms with van der Waals surface area (Å²) < 4.78 is 43.9. The number of aromatic nitrogens is 1. The summed E-state index contributed by atoms with van der Waals surface area (Å²) >= 11 is 0. The molecule has 2 aliphatic heterocycles. The summed E-state index contributed by atoms with van der Waals surface area (Å²) in [7, 11) is 0. The van der Waals surface area contributed by atoms with Crippen LogP contribution in [-0.2, 0) is 15.7 Å². The number of piperidine rings is 1. The minimum Gasteiger partial charge on any atom is -0.381 e. The SMILES string of the molecule is O=C(Nc1cc(C(F)(F)F)ccn1)C1CCCCN1CC1CCOCC1. The largest absolute Gasteiger partial charge is 0.416 e. The molecular formula is C18H24F3N3O2. The van der Waals surface area contributed by atoms with Crippen LogP contribution in [0.5, 0.6) is 0 Å². The number of alkyl halides is 3. The Morgan fingerprint density at radius 1 is 1.27 bits per heavy atom. The highest BCUT2D eigenvalue weighted by Crippen LogP contribution is 2.30. The number of anilines is 1. The molecule has 2 fully saturated rings. The Bertz CT molecular complexity index is 618. The number of nitrogens with zero attached hydrogens (tertiary/aromatic N) is 2. The van der Waals surface area contributed by atoms with Crippen molar-refractivity contribution in [2.75, 3.05) is 31.6 Å². The minimum absolute atomic E-state index is 0.0542. The first-order valence-electron chi connectivity index (χ1n) is 9.09. The van der Waals surface area contributed by atoms with Crippen LogP contribution in [0, 0.1) is 5.92 Å². The van der Waals surface area contributed by atoms with Gasteiger partial charge in [-0.2, -0.15) is 13.2 Å². The van der Waals surface area contributed by atoms with Crippen molar-refractivity contribution in [1.82, 2.24) is 9.88 Å². The van der Waals surface area contributed by atoms with E-state index in [1.54, 1.807) is 0 Å². The lowest BCUT2D eigenvalue weighted by Crippen LogP contribution is -2.49. The molecule has 0 bridgehead atoms. The van der Waals surface area contributed by atoms with Gasteiger partial charge in [0.1, 0.15) is 5.82 Å². The number of ether oxygens (including phenoxy) is 1. The van der Waals surface area contributed by atoms with E-state index in [9.17, 15) is 18.0 Å². The lowest BCUT2D eigenvalue weighted by Gasteiger charge is -2.37. The first-order valence-corrected chi connectivity index (χ1v) is 9.09. The molecule has 3 heterocycles. The van der Waals surface area contributed by atoms with Crippen LogP contribution >= 0.6 is 0 Å². The molecule has 1 N–H and O–H groups in total. The van der Waals surface area contributed by atoms with Crippen LogP contribution in [0.2, 0.25) is 0 Å². The van der Waals surface area contributed by atoms with Gasteiger partial charge in [-0.1, -0.05) is 6.42 Å². The quantitative estimate of drug-likeness (QED) is 0.882. The number of hydrogen-bond donors (Lipinski definition) is 1. The molecule has 3 rings (SSSR count). The van der Waals surface area contributed by atoms with E-state index in [1.165, 1.54) is 0 Å². The highest BCUT2D eigenvalue weighted by atomic mass is 19.4. The highest BCUT2D eigenvalue weighted by Gasteiger charge is 2.33. The van der Waals surface area contributed by atoms with E-state index in [1.807, 2.05) is 0 Å². The van der Waals surface area contributed by atoms with E-state index in [-0.39, 0.29) is 17.8 Å². The summed E-state index contributed by atoms with van der Waals surface area (Å²) in [5.41, 5.74) is -0.814. The Morgan fingerprint density at radius 2 is 2.04 bits per heavy atom. The minimum atomic E-state index is -4.46. The first kappa shape index (κ1) is 19.1. The van der Waals surface area contributed by atoms with Crippen LogP contribution in [-0.4, -0.2) is 48.1 Å². The van der Waals surface area contributed by atoms with Crippen molar-refractivity contribution in [1.29, 1.82) is 0 Å². The van der Waals surface area contributed by atoms with E-state index >= 15 is 0 Å². The predicted molar refractivity (Wildman–Crippen MR) is 90.6 cm³/mol. The maximum absolute atomic E-state index is 12.8. The van der Waals surface area contributed by atoms with Crippen molar-refractivity contribution < 1.29 is 22.7 Å². The van der Waals surface area contributed by atoms with Crippen LogP contribution in [0.3, 0.4) is 0 Å². The van der Waals surface area contributed by atoms with E-state index in [0.29, 0.717) is 12.3 Å². The molecule has 1 aromatic rings. The smallest absolute Gasteiger partial charge is 0.381 e. The zero-order valence-electron chi connectivity index (χ0n) is 14.6. The third-order valence-corrected chi connectivity index (χ3v) is 5.09. The second-order valence-corrected chi connectivity index (χ2v) is 6.98. The summed E-state index contributed by atoms with van der Waals surface area (Å²) in [5, 5.41) is 2.57. The van der Waals surface area contributed by atoms with E-state index in [2.05, 4.69) is 15.2 Å². The molecule has 26 heavy (non-hydrogen) atoms. The first-order chi connectivity index (χ1) is 12.4. The fourth-order valence-corrected chi connectivity index (χ4v) is 3.65. The van der Waals surface area contributed by atoms with Gasteiger partial charge in [-0.25, -0.2) is 4.98 Å². The highest BCUT2D eigenvalue weighted by molar-refractivity contribution is 5.94. The van der Waals surface area contributed by atoms with Gasteiger partial charge in [0.05, 0.1) is 11.6 Å². The van der Waals surface area contributed by atoms with Crippen molar-refractivity contribution in [3.8, 4) is 0 Å². The summed E-state index contributed by atoms with van der Waals surface area (Å²) in [6.07, 6.45) is 1.28. The standard InChI is InChI=1S/C18H24F3N3O2/c19-18(20,21)14-4-7-22-16(11-14)23-17(25)15-3-1-2-8-24(15)12-13-5-9-26-10-6-13/h4,7,11,13,15H,1-3,5-6,8-10,12H2,(H,22,23,25). The molecule has 0 spiro atoms. The fourth-order valence-electron chi connectivity index (χ4n) is 3.65. The monoisotopic (exact) mass is 371 g/mol. The maximum Gasteiger partial charge on any atom is 0.416 e. The molecule has 8 heteroatoms. The van der Waals surface area contributed by atoms with E-state index in [4.69, 9.17) is 4.74 Å². The summed E-state index contributed by atoms with van der Waals surface area (Å²) in [4.78, 5) is 18.7. The Hall–Kier alpha value is -1.67. The van der Waals surface area contributed by atoms with Gasteiger partial charge in [-0.05, 0) is 50.3 Å². The summed E-state index contributed by atoms with van der Waals surface area (Å²) in [6, 6.07) is 1.46. The van der Waals surface area contributed by atoms with E-state index in [0.717, 1.165) is 70.3 Å². The van der Waals surface area contributed by atoms with Gasteiger partial charge >= 0.3 is 6.18 Å². The van der Waals surface area contributed by atoms with Crippen molar-refractivity contribution in [3.05, 3.63) is 23.9 Å². The number of hydrogen-bond acceptors (Lipinski definition) is 4. The number of carbonyl (C=O) groups excluding carboxylic acids is 1. The number of nitrogens with one attached hydrogen (secondary N) is 1. The Morgan fingerprint density at radius 3 is 2.77 bits per heavy atom. The molecule has 1 amide bonds. The van der Waals surface area contributed by atoms with Crippen LogP contribution in [0.15, 0.2) is 18.3 Å². The lowest BCUT2D eigenvalue weighted by molar-refractivity contribution is -0.137. The molecule has 1 aromatic heterocycles. The second kappa shape index (κ2) is 8.35. The van der Waals surface area contributed by atoms with E-state index < -0.39 is 11.7 Å². The topological polar surface area (TPSA) is 54.5 Å². The van der Waals surface area contributed by atoms with Crippen LogP contribution in [0.25, 0.3) is 0 Å². The number of likely N-dealkylation sites (tertiary alicyclic amines) is 1. The van der Waals surface area contributed by atoms with Gasteiger partial charge in [0, 0.05) is 26.0 Å². The summed E-state index contributed by atoms with van der Waals surface area (Å²) in [5.74, 6) is 0.175. The molecule has 0 aliphatic carbocycles. The number of halogens is 3. The summed E-state index contributed by atoms with van der Waals surface area (Å²) in [6.45, 7) is 3.18. The fraction of sp³-hybridized carbons (Fsp3) is 0.667. The molecular weight excluding hydrogens is 347 g/mol.